The van der Waals surface area contributed by atoms with E-state index in [2.05, 4.69) is 14.7 Å². The quantitative estimate of drug-likeness (QED) is 0.775. The maximum absolute atomic E-state index is 10.6. The Hall–Kier alpha value is -1.84. The molecule has 0 atom stereocenters. The van der Waals surface area contributed by atoms with Gasteiger partial charge in [-0.3, -0.25) is 9.51 Å². The first kappa shape index (κ1) is 8.74. The van der Waals surface area contributed by atoms with Gasteiger partial charge in [-0.05, 0) is 12.5 Å². The zero-order chi connectivity index (χ0) is 9.97. The molecule has 2 aromatic rings. The van der Waals surface area contributed by atoms with Crippen molar-refractivity contribution < 1.29 is 4.52 Å². The minimum absolute atomic E-state index is 0.507. The summed E-state index contributed by atoms with van der Waals surface area (Å²) < 4.78 is 4.40. The number of nitrogens with one attached hydrogen (secondary N) is 1. The van der Waals surface area contributed by atoms with Gasteiger partial charge < -0.3 is 0 Å². The van der Waals surface area contributed by atoms with Crippen molar-refractivity contribution in [2.45, 2.75) is 13.3 Å². The van der Waals surface area contributed by atoms with Crippen molar-refractivity contribution in [1.29, 1.82) is 0 Å². The van der Waals surface area contributed by atoms with Crippen LogP contribution in [0.4, 0.5) is 0 Å². The molecule has 0 radical (unpaired) electrons. The van der Waals surface area contributed by atoms with Gasteiger partial charge in [-0.2, -0.15) is 0 Å². The van der Waals surface area contributed by atoms with Crippen LogP contribution in [-0.2, 0) is 6.42 Å². The Morgan fingerprint density at radius 1 is 1.36 bits per heavy atom. The molecule has 0 bridgehead atoms. The molecule has 1 heterocycles. The van der Waals surface area contributed by atoms with E-state index < -0.39 is 5.76 Å². The van der Waals surface area contributed by atoms with Crippen LogP contribution in [0.2, 0.25) is 0 Å². The summed E-state index contributed by atoms with van der Waals surface area (Å²) in [6.45, 7) is 2.03. The van der Waals surface area contributed by atoms with Crippen molar-refractivity contribution in [2.24, 2.45) is 0 Å². The van der Waals surface area contributed by atoms with Crippen molar-refractivity contribution in [3.63, 3.8) is 0 Å². The number of aromatic amines is 1. The van der Waals surface area contributed by atoms with E-state index in [4.69, 9.17) is 0 Å². The van der Waals surface area contributed by atoms with Gasteiger partial charge in [0, 0.05) is 6.42 Å². The third kappa shape index (κ3) is 1.90. The fraction of sp³-hybridized carbons (Fsp3) is 0.200. The first-order valence-corrected chi connectivity index (χ1v) is 4.34. The molecule has 14 heavy (non-hydrogen) atoms. The molecule has 0 unspecified atom stereocenters. The van der Waals surface area contributed by atoms with Crippen LogP contribution in [0.25, 0.3) is 0 Å². The van der Waals surface area contributed by atoms with E-state index in [-0.39, 0.29) is 0 Å². The van der Waals surface area contributed by atoms with Gasteiger partial charge in [-0.1, -0.05) is 35.0 Å². The lowest BCUT2D eigenvalue weighted by Gasteiger charge is -1.97. The van der Waals surface area contributed by atoms with Crippen LogP contribution in [-0.4, -0.2) is 10.1 Å². The lowest BCUT2D eigenvalue weighted by Crippen LogP contribution is -1.97. The second-order valence-corrected chi connectivity index (χ2v) is 3.20. The fourth-order valence-electron chi connectivity index (χ4n) is 1.24. The topological polar surface area (TPSA) is 58.9 Å². The first-order valence-electron chi connectivity index (χ1n) is 4.34. The van der Waals surface area contributed by atoms with Crippen molar-refractivity contribution in [2.75, 3.05) is 0 Å². The Kier molecular flexibility index (Phi) is 2.18. The molecule has 72 valence electrons. The number of hydrogen-bond donors (Lipinski definition) is 1. The molecule has 0 saturated heterocycles. The van der Waals surface area contributed by atoms with Crippen molar-refractivity contribution in [3.8, 4) is 0 Å². The predicted octanol–water partition coefficient (Wildman–Crippen LogP) is 1.26. The summed E-state index contributed by atoms with van der Waals surface area (Å²) in [4.78, 5) is 13.2. The summed E-state index contributed by atoms with van der Waals surface area (Å²) in [5, 5.41) is 3.59. The largest absolute Gasteiger partial charge is 0.438 e. The van der Waals surface area contributed by atoms with Gasteiger partial charge >= 0.3 is 5.76 Å². The Labute approximate surface area is 80.6 Å². The number of nitrogens with zero attached hydrogens (tertiary/aromatic N) is 1. The third-order valence-corrected chi connectivity index (χ3v) is 1.98. The summed E-state index contributed by atoms with van der Waals surface area (Å²) >= 11 is 0. The van der Waals surface area contributed by atoms with Crippen LogP contribution in [0.3, 0.4) is 0 Å². The molecule has 1 aromatic carbocycles. The van der Waals surface area contributed by atoms with Crippen molar-refractivity contribution >= 4 is 0 Å². The standard InChI is InChI=1S/C10H10N2O2/c1-7-2-4-8(5-3-7)6-9-11-10(13)14-12-9/h2-5H,6H2,1H3,(H,11,12,13). The Morgan fingerprint density at radius 2 is 2.07 bits per heavy atom. The lowest BCUT2D eigenvalue weighted by atomic mass is 10.1. The van der Waals surface area contributed by atoms with Gasteiger partial charge in [-0.15, -0.1) is 0 Å². The van der Waals surface area contributed by atoms with Gasteiger partial charge in [0.05, 0.1) is 0 Å². The molecule has 0 amide bonds. The maximum Gasteiger partial charge on any atom is 0.438 e. The molecule has 1 N–H and O–H groups in total. The van der Waals surface area contributed by atoms with Crippen LogP contribution >= 0.6 is 0 Å². The third-order valence-electron chi connectivity index (χ3n) is 1.98. The zero-order valence-corrected chi connectivity index (χ0v) is 7.78. The van der Waals surface area contributed by atoms with Gasteiger partial charge in [-0.25, -0.2) is 4.79 Å². The maximum atomic E-state index is 10.6. The minimum Gasteiger partial charge on any atom is -0.296 e. The smallest absolute Gasteiger partial charge is 0.296 e. The van der Waals surface area contributed by atoms with E-state index in [9.17, 15) is 4.79 Å². The van der Waals surface area contributed by atoms with E-state index in [1.807, 2.05) is 31.2 Å². The fourth-order valence-corrected chi connectivity index (χ4v) is 1.24. The normalized spacial score (nSPS) is 10.4. The second-order valence-electron chi connectivity index (χ2n) is 3.20. The molecule has 0 fully saturated rings. The van der Waals surface area contributed by atoms with E-state index >= 15 is 0 Å². The van der Waals surface area contributed by atoms with E-state index in [0.29, 0.717) is 12.2 Å². The number of H-pyrrole nitrogens is 1. The molecular formula is C10H10N2O2. The molecule has 4 heteroatoms. The number of benzene rings is 1. The molecule has 4 nitrogen and oxygen atoms in total. The van der Waals surface area contributed by atoms with Crippen LogP contribution in [0.5, 0.6) is 0 Å². The van der Waals surface area contributed by atoms with Gasteiger partial charge in [0.2, 0.25) is 0 Å². The SMILES string of the molecule is Cc1ccc(Cc2noc(=O)[nH]2)cc1. The number of aryl methyl sites for hydroxylation is 1. The van der Waals surface area contributed by atoms with Crippen LogP contribution < -0.4 is 5.76 Å². The average Bonchev–Trinajstić information content (AvgIpc) is 2.56. The number of hydrogen-bond acceptors (Lipinski definition) is 3. The lowest BCUT2D eigenvalue weighted by molar-refractivity contribution is 0.382. The van der Waals surface area contributed by atoms with E-state index in [0.717, 1.165) is 5.56 Å². The minimum atomic E-state index is -0.507. The summed E-state index contributed by atoms with van der Waals surface area (Å²) in [6.07, 6.45) is 0.589. The van der Waals surface area contributed by atoms with Crippen molar-refractivity contribution in [1.82, 2.24) is 10.1 Å². The highest BCUT2D eigenvalue weighted by molar-refractivity contribution is 5.23. The number of aromatic nitrogens is 2. The average molecular weight is 190 g/mol. The van der Waals surface area contributed by atoms with E-state index in [1.54, 1.807) is 0 Å². The Morgan fingerprint density at radius 3 is 2.64 bits per heavy atom. The zero-order valence-electron chi connectivity index (χ0n) is 7.78. The molecule has 0 aliphatic carbocycles. The highest BCUT2D eigenvalue weighted by Crippen LogP contribution is 2.06. The van der Waals surface area contributed by atoms with Crippen LogP contribution in [0, 0.1) is 6.92 Å². The van der Waals surface area contributed by atoms with E-state index in [1.165, 1.54) is 5.56 Å². The molecular weight excluding hydrogens is 180 g/mol. The van der Waals surface area contributed by atoms with Gasteiger partial charge in [0.15, 0.2) is 5.82 Å². The predicted molar refractivity (Wildman–Crippen MR) is 51.1 cm³/mol. The van der Waals surface area contributed by atoms with Crippen molar-refractivity contribution in [3.05, 3.63) is 51.8 Å². The van der Waals surface area contributed by atoms with Gasteiger partial charge in [0.25, 0.3) is 0 Å². The summed E-state index contributed by atoms with van der Waals surface area (Å²) in [5.41, 5.74) is 2.31. The first-order chi connectivity index (χ1) is 6.74. The summed E-state index contributed by atoms with van der Waals surface area (Å²) in [7, 11) is 0. The highest BCUT2D eigenvalue weighted by atomic mass is 16.5. The molecule has 0 aliphatic heterocycles. The second kappa shape index (κ2) is 3.49. The molecule has 0 spiro atoms. The molecule has 1 aromatic heterocycles. The Balaban J connectivity index is 2.19. The molecule has 0 aliphatic rings. The number of rotatable bonds is 2. The monoisotopic (exact) mass is 190 g/mol. The molecule has 0 saturated carbocycles. The molecule has 2 rings (SSSR count). The summed E-state index contributed by atoms with van der Waals surface area (Å²) in [5.74, 6) is 0.0472. The Bertz CT molecular complexity index is 467. The van der Waals surface area contributed by atoms with Crippen LogP contribution in [0.1, 0.15) is 17.0 Å². The highest BCUT2D eigenvalue weighted by Gasteiger charge is 2.01. The van der Waals surface area contributed by atoms with Crippen LogP contribution in [0.15, 0.2) is 33.6 Å². The van der Waals surface area contributed by atoms with Gasteiger partial charge in [0.1, 0.15) is 0 Å². The summed E-state index contributed by atoms with van der Waals surface area (Å²) in [6, 6.07) is 8.05.